The third-order valence-electron chi connectivity index (χ3n) is 1.72. The number of hydrogen-bond acceptors (Lipinski definition) is 1. The Morgan fingerprint density at radius 1 is 1.08 bits per heavy atom. The van der Waals surface area contributed by atoms with Crippen molar-refractivity contribution in [1.29, 1.82) is 0 Å². The normalized spacial score (nSPS) is 10.3. The first-order chi connectivity index (χ1) is 6.27. The molecule has 0 saturated heterocycles. The Balaban J connectivity index is 2.57. The van der Waals surface area contributed by atoms with Crippen LogP contribution in [0.5, 0.6) is 0 Å². The van der Waals surface area contributed by atoms with E-state index in [0.717, 1.165) is 18.2 Å². The maximum Gasteiger partial charge on any atom is 0.136 e. The summed E-state index contributed by atoms with van der Waals surface area (Å²) in [6.45, 7) is 0. The number of halogens is 2. The maximum atomic E-state index is 13.1. The lowest BCUT2D eigenvalue weighted by molar-refractivity contribution is 0.563. The van der Waals surface area contributed by atoms with Crippen molar-refractivity contribution in [2.75, 3.05) is 0 Å². The van der Waals surface area contributed by atoms with E-state index < -0.39 is 11.6 Å². The van der Waals surface area contributed by atoms with Gasteiger partial charge in [-0.15, -0.1) is 0 Å². The molecule has 0 aliphatic heterocycles. The summed E-state index contributed by atoms with van der Waals surface area (Å²) in [6, 6.07) is 6.46. The van der Waals surface area contributed by atoms with Crippen molar-refractivity contribution < 1.29 is 13.2 Å². The van der Waals surface area contributed by atoms with E-state index in [0.29, 0.717) is 5.76 Å². The van der Waals surface area contributed by atoms with Crippen LogP contribution >= 0.6 is 0 Å². The minimum Gasteiger partial charge on any atom is -0.464 e. The zero-order valence-corrected chi connectivity index (χ0v) is 6.63. The van der Waals surface area contributed by atoms with Crippen LogP contribution < -0.4 is 0 Å². The quantitative estimate of drug-likeness (QED) is 0.656. The van der Waals surface area contributed by atoms with Gasteiger partial charge in [-0.25, -0.2) is 8.78 Å². The van der Waals surface area contributed by atoms with E-state index in [1.807, 2.05) is 0 Å². The molecule has 1 heterocycles. The van der Waals surface area contributed by atoms with Crippen LogP contribution in [0.2, 0.25) is 0 Å². The molecule has 2 rings (SSSR count). The number of furan rings is 1. The highest BCUT2D eigenvalue weighted by molar-refractivity contribution is 5.57. The standard InChI is InChI=1S/C10H6F2O/c11-7-3-4-9(12)8(6-7)10-2-1-5-13-10/h1-6H. The molecule has 0 bridgehead atoms. The lowest BCUT2D eigenvalue weighted by Gasteiger charge is -1.98. The zero-order chi connectivity index (χ0) is 9.26. The Hall–Kier alpha value is -1.64. The molecular weight excluding hydrogens is 174 g/mol. The molecule has 0 spiro atoms. The Bertz CT molecular complexity index is 407. The van der Waals surface area contributed by atoms with Crippen molar-refractivity contribution in [3.05, 3.63) is 48.2 Å². The fourth-order valence-electron chi connectivity index (χ4n) is 1.12. The minimum atomic E-state index is -0.489. The highest BCUT2D eigenvalue weighted by atomic mass is 19.1. The molecule has 0 aliphatic rings. The summed E-state index contributed by atoms with van der Waals surface area (Å²) in [5, 5.41) is 0. The molecule has 1 nitrogen and oxygen atoms in total. The highest BCUT2D eigenvalue weighted by Crippen LogP contribution is 2.23. The topological polar surface area (TPSA) is 13.1 Å². The van der Waals surface area contributed by atoms with E-state index in [1.165, 1.54) is 6.26 Å². The van der Waals surface area contributed by atoms with Gasteiger partial charge in [0.2, 0.25) is 0 Å². The highest BCUT2D eigenvalue weighted by Gasteiger charge is 2.07. The average molecular weight is 180 g/mol. The number of hydrogen-bond donors (Lipinski definition) is 0. The Morgan fingerprint density at radius 2 is 1.92 bits per heavy atom. The van der Waals surface area contributed by atoms with E-state index in [-0.39, 0.29) is 5.56 Å². The van der Waals surface area contributed by atoms with Gasteiger partial charge in [-0.3, -0.25) is 0 Å². The second-order valence-electron chi connectivity index (χ2n) is 2.60. The van der Waals surface area contributed by atoms with Crippen LogP contribution in [0.4, 0.5) is 8.78 Å². The van der Waals surface area contributed by atoms with Crippen LogP contribution in [-0.4, -0.2) is 0 Å². The van der Waals surface area contributed by atoms with Crippen LogP contribution in [0.15, 0.2) is 41.0 Å². The van der Waals surface area contributed by atoms with Gasteiger partial charge in [0.05, 0.1) is 11.8 Å². The smallest absolute Gasteiger partial charge is 0.136 e. The first kappa shape index (κ1) is 7.98. The summed E-state index contributed by atoms with van der Waals surface area (Å²) in [7, 11) is 0. The van der Waals surface area contributed by atoms with Gasteiger partial charge in [0.25, 0.3) is 0 Å². The Labute approximate surface area is 73.6 Å². The third-order valence-corrected chi connectivity index (χ3v) is 1.72. The number of rotatable bonds is 1. The molecule has 0 aliphatic carbocycles. The fourth-order valence-corrected chi connectivity index (χ4v) is 1.12. The fraction of sp³-hybridized carbons (Fsp3) is 0. The van der Waals surface area contributed by atoms with E-state index in [2.05, 4.69) is 0 Å². The molecule has 1 aromatic heterocycles. The molecular formula is C10H6F2O. The van der Waals surface area contributed by atoms with Crippen molar-refractivity contribution >= 4 is 0 Å². The summed E-state index contributed by atoms with van der Waals surface area (Å²) in [4.78, 5) is 0. The molecule has 0 unspecified atom stereocenters. The zero-order valence-electron chi connectivity index (χ0n) is 6.63. The van der Waals surface area contributed by atoms with Gasteiger partial charge in [0.15, 0.2) is 0 Å². The van der Waals surface area contributed by atoms with Crippen molar-refractivity contribution in [1.82, 2.24) is 0 Å². The van der Waals surface area contributed by atoms with Crippen LogP contribution in [0.3, 0.4) is 0 Å². The van der Waals surface area contributed by atoms with Crippen molar-refractivity contribution in [2.45, 2.75) is 0 Å². The van der Waals surface area contributed by atoms with E-state index >= 15 is 0 Å². The van der Waals surface area contributed by atoms with Crippen molar-refractivity contribution in [3.63, 3.8) is 0 Å². The summed E-state index contributed by atoms with van der Waals surface area (Å²) >= 11 is 0. The maximum absolute atomic E-state index is 13.1. The molecule has 0 amide bonds. The van der Waals surface area contributed by atoms with Gasteiger partial charge in [0, 0.05) is 0 Å². The molecule has 0 N–H and O–H groups in total. The molecule has 0 radical (unpaired) electrons. The summed E-state index contributed by atoms with van der Waals surface area (Å²) in [6.07, 6.45) is 1.42. The molecule has 0 fully saturated rings. The van der Waals surface area contributed by atoms with Gasteiger partial charge in [-0.05, 0) is 30.3 Å². The molecule has 13 heavy (non-hydrogen) atoms. The molecule has 3 heteroatoms. The predicted molar refractivity (Wildman–Crippen MR) is 44.1 cm³/mol. The average Bonchev–Trinajstić information content (AvgIpc) is 2.61. The Morgan fingerprint density at radius 3 is 2.62 bits per heavy atom. The SMILES string of the molecule is Fc1ccc(F)c(-c2ccco2)c1. The van der Waals surface area contributed by atoms with Gasteiger partial charge >= 0.3 is 0 Å². The summed E-state index contributed by atoms with van der Waals surface area (Å²) in [5.74, 6) is -0.638. The van der Waals surface area contributed by atoms with Crippen LogP contribution in [-0.2, 0) is 0 Å². The molecule has 1 aromatic carbocycles. The first-order valence-electron chi connectivity index (χ1n) is 3.76. The monoisotopic (exact) mass is 180 g/mol. The van der Waals surface area contributed by atoms with Gasteiger partial charge in [-0.1, -0.05) is 0 Å². The van der Waals surface area contributed by atoms with Crippen LogP contribution in [0.25, 0.3) is 11.3 Å². The van der Waals surface area contributed by atoms with Crippen LogP contribution in [0.1, 0.15) is 0 Å². The second-order valence-corrected chi connectivity index (χ2v) is 2.60. The summed E-state index contributed by atoms with van der Waals surface area (Å²) in [5.41, 5.74) is 0.144. The van der Waals surface area contributed by atoms with Gasteiger partial charge in [0.1, 0.15) is 17.4 Å². The predicted octanol–water partition coefficient (Wildman–Crippen LogP) is 3.22. The molecule has 2 aromatic rings. The van der Waals surface area contributed by atoms with Gasteiger partial charge < -0.3 is 4.42 Å². The van der Waals surface area contributed by atoms with Crippen LogP contribution in [0, 0.1) is 11.6 Å². The van der Waals surface area contributed by atoms with E-state index in [9.17, 15) is 8.78 Å². The lowest BCUT2D eigenvalue weighted by Crippen LogP contribution is -1.83. The van der Waals surface area contributed by atoms with Gasteiger partial charge in [-0.2, -0.15) is 0 Å². The third kappa shape index (κ3) is 1.45. The second kappa shape index (κ2) is 3.01. The van der Waals surface area contributed by atoms with E-state index in [1.54, 1.807) is 12.1 Å². The van der Waals surface area contributed by atoms with Crippen molar-refractivity contribution in [3.8, 4) is 11.3 Å². The largest absolute Gasteiger partial charge is 0.464 e. The first-order valence-corrected chi connectivity index (χ1v) is 3.76. The molecule has 0 atom stereocenters. The minimum absolute atomic E-state index is 0.144. The Kier molecular flexibility index (Phi) is 1.85. The van der Waals surface area contributed by atoms with Crippen molar-refractivity contribution in [2.24, 2.45) is 0 Å². The molecule has 66 valence electrons. The summed E-state index contributed by atoms with van der Waals surface area (Å²) < 4.78 is 30.8. The molecule has 0 saturated carbocycles. The van der Waals surface area contributed by atoms with E-state index in [4.69, 9.17) is 4.42 Å². The lowest BCUT2D eigenvalue weighted by atomic mass is 10.1. The number of benzene rings is 1.